The van der Waals surface area contributed by atoms with Gasteiger partial charge in [-0.2, -0.15) is 0 Å². The molecule has 1 aliphatic heterocycles. The van der Waals surface area contributed by atoms with Crippen molar-refractivity contribution in [1.29, 1.82) is 0 Å². The minimum Gasteiger partial charge on any atom is -0.491 e. The van der Waals surface area contributed by atoms with E-state index in [4.69, 9.17) is 4.74 Å². The van der Waals surface area contributed by atoms with Gasteiger partial charge in [0, 0.05) is 6.54 Å². The van der Waals surface area contributed by atoms with Gasteiger partial charge >= 0.3 is 0 Å². The summed E-state index contributed by atoms with van der Waals surface area (Å²) in [5.74, 6) is 0.808. The molecule has 5 heteroatoms. The van der Waals surface area contributed by atoms with Crippen LogP contribution in [-0.4, -0.2) is 42.9 Å². The van der Waals surface area contributed by atoms with E-state index >= 15 is 0 Å². The fraction of sp³-hybridized carbons (Fsp3) is 0.533. The van der Waals surface area contributed by atoms with Crippen LogP contribution in [-0.2, 0) is 4.79 Å². The summed E-state index contributed by atoms with van der Waals surface area (Å²) < 4.78 is 5.72. The van der Waals surface area contributed by atoms with E-state index in [1.807, 2.05) is 32.0 Å². The van der Waals surface area contributed by atoms with Crippen molar-refractivity contribution in [2.45, 2.75) is 32.4 Å². The lowest BCUT2D eigenvalue weighted by Crippen LogP contribution is -2.41. The Morgan fingerprint density at radius 1 is 1.45 bits per heavy atom. The Morgan fingerprint density at radius 3 is 2.75 bits per heavy atom. The van der Waals surface area contributed by atoms with Crippen molar-refractivity contribution in [3.05, 3.63) is 29.3 Å². The third kappa shape index (κ3) is 3.71. The maximum atomic E-state index is 11.8. The van der Waals surface area contributed by atoms with E-state index in [0.29, 0.717) is 26.1 Å². The number of nitrogens with one attached hydrogen (secondary N) is 2. The lowest BCUT2D eigenvalue weighted by atomic mass is 10.1. The molecule has 5 nitrogen and oxygen atoms in total. The third-order valence-corrected chi connectivity index (χ3v) is 3.48. The highest BCUT2D eigenvalue weighted by Gasteiger charge is 2.27. The molecule has 1 amide bonds. The van der Waals surface area contributed by atoms with Gasteiger partial charge in [-0.25, -0.2) is 0 Å². The molecule has 0 saturated carbocycles. The largest absolute Gasteiger partial charge is 0.491 e. The van der Waals surface area contributed by atoms with Crippen LogP contribution in [0.15, 0.2) is 18.2 Å². The highest BCUT2D eigenvalue weighted by molar-refractivity contribution is 5.82. The predicted octanol–water partition coefficient (Wildman–Crippen LogP) is 0.521. The molecule has 1 saturated heterocycles. The first-order valence-electron chi connectivity index (χ1n) is 6.96. The van der Waals surface area contributed by atoms with Crippen LogP contribution >= 0.6 is 0 Å². The molecule has 110 valence electrons. The summed E-state index contributed by atoms with van der Waals surface area (Å²) >= 11 is 0. The minimum atomic E-state index is -0.420. The van der Waals surface area contributed by atoms with E-state index in [0.717, 1.165) is 16.9 Å². The summed E-state index contributed by atoms with van der Waals surface area (Å²) in [7, 11) is 0. The monoisotopic (exact) mass is 278 g/mol. The van der Waals surface area contributed by atoms with Crippen molar-refractivity contribution >= 4 is 5.91 Å². The molecule has 3 N–H and O–H groups in total. The molecule has 0 bridgehead atoms. The molecule has 0 spiro atoms. The van der Waals surface area contributed by atoms with E-state index < -0.39 is 6.10 Å². The predicted molar refractivity (Wildman–Crippen MR) is 76.8 cm³/mol. The van der Waals surface area contributed by atoms with Gasteiger partial charge in [-0.15, -0.1) is 0 Å². The highest BCUT2D eigenvalue weighted by atomic mass is 16.5. The number of ether oxygens (including phenoxy) is 1. The van der Waals surface area contributed by atoms with Crippen LogP contribution in [0, 0.1) is 13.8 Å². The number of β-amino-alcohol motifs (C(OH)–C–C–N with tert-alkyl or cyclic N) is 1. The molecule has 0 radical (unpaired) electrons. The number of amides is 1. The summed E-state index contributed by atoms with van der Waals surface area (Å²) in [6, 6.07) is 5.72. The maximum absolute atomic E-state index is 11.8. The zero-order valence-electron chi connectivity index (χ0n) is 12.0. The molecule has 1 aromatic rings. The topological polar surface area (TPSA) is 70.6 Å². The first-order valence-corrected chi connectivity index (χ1v) is 6.96. The molecule has 1 aromatic carbocycles. The molecular weight excluding hydrogens is 256 g/mol. The van der Waals surface area contributed by atoms with E-state index in [1.54, 1.807) is 0 Å². The number of aliphatic hydroxyl groups excluding tert-OH is 1. The molecule has 1 fully saturated rings. The molecular formula is C15H22N2O3. The van der Waals surface area contributed by atoms with Crippen molar-refractivity contribution in [2.24, 2.45) is 0 Å². The SMILES string of the molecule is Cc1cccc(C)c1OCCNC(=O)[C@H]1C[C@@H](O)CN1. The molecule has 0 aliphatic carbocycles. The number of para-hydroxylation sites is 1. The molecule has 2 atom stereocenters. The zero-order valence-corrected chi connectivity index (χ0v) is 12.0. The second-order valence-corrected chi connectivity index (χ2v) is 5.21. The highest BCUT2D eigenvalue weighted by Crippen LogP contribution is 2.21. The van der Waals surface area contributed by atoms with Gasteiger partial charge < -0.3 is 20.5 Å². The normalized spacial score (nSPS) is 21.8. The lowest BCUT2D eigenvalue weighted by molar-refractivity contribution is -0.123. The lowest BCUT2D eigenvalue weighted by Gasteiger charge is -2.14. The van der Waals surface area contributed by atoms with Gasteiger partial charge in [-0.1, -0.05) is 18.2 Å². The zero-order chi connectivity index (χ0) is 14.5. The second kappa shape index (κ2) is 6.72. The number of aryl methyl sites for hydroxylation is 2. The Labute approximate surface area is 119 Å². The van der Waals surface area contributed by atoms with Crippen LogP contribution in [0.5, 0.6) is 5.75 Å². The van der Waals surface area contributed by atoms with Gasteiger partial charge in [0.2, 0.25) is 5.91 Å². The van der Waals surface area contributed by atoms with Crippen LogP contribution < -0.4 is 15.4 Å². The minimum absolute atomic E-state index is 0.0772. The van der Waals surface area contributed by atoms with Crippen molar-refractivity contribution < 1.29 is 14.6 Å². The summed E-state index contributed by atoms with van der Waals surface area (Å²) in [4.78, 5) is 11.8. The quantitative estimate of drug-likeness (QED) is 0.687. The fourth-order valence-electron chi connectivity index (χ4n) is 2.39. The van der Waals surface area contributed by atoms with Crippen LogP contribution in [0.25, 0.3) is 0 Å². The van der Waals surface area contributed by atoms with E-state index in [2.05, 4.69) is 10.6 Å². The number of carbonyl (C=O) groups is 1. The number of aliphatic hydroxyl groups is 1. The van der Waals surface area contributed by atoms with Gasteiger partial charge in [0.25, 0.3) is 0 Å². The average molecular weight is 278 g/mol. The Morgan fingerprint density at radius 2 is 2.15 bits per heavy atom. The van der Waals surface area contributed by atoms with Crippen molar-refractivity contribution in [3.8, 4) is 5.75 Å². The molecule has 0 aromatic heterocycles. The number of rotatable bonds is 5. The van der Waals surface area contributed by atoms with Crippen LogP contribution in [0.1, 0.15) is 17.5 Å². The molecule has 1 heterocycles. The number of benzene rings is 1. The fourth-order valence-corrected chi connectivity index (χ4v) is 2.39. The van der Waals surface area contributed by atoms with Crippen molar-refractivity contribution in [1.82, 2.24) is 10.6 Å². The van der Waals surface area contributed by atoms with Gasteiger partial charge in [0.15, 0.2) is 0 Å². The van der Waals surface area contributed by atoms with E-state index in [1.165, 1.54) is 0 Å². The molecule has 2 rings (SSSR count). The first-order chi connectivity index (χ1) is 9.58. The third-order valence-electron chi connectivity index (χ3n) is 3.48. The number of hydrogen-bond donors (Lipinski definition) is 3. The van der Waals surface area contributed by atoms with Crippen molar-refractivity contribution in [2.75, 3.05) is 19.7 Å². The number of carbonyl (C=O) groups excluding carboxylic acids is 1. The van der Waals surface area contributed by atoms with Gasteiger partial charge in [0.05, 0.1) is 18.7 Å². The van der Waals surface area contributed by atoms with Crippen LogP contribution in [0.4, 0.5) is 0 Å². The summed E-state index contributed by atoms with van der Waals surface area (Å²) in [5, 5.41) is 15.2. The average Bonchev–Trinajstić information content (AvgIpc) is 2.84. The Bertz CT molecular complexity index is 456. The molecule has 0 unspecified atom stereocenters. The Kier molecular flexibility index (Phi) is 4.98. The Hall–Kier alpha value is -1.59. The van der Waals surface area contributed by atoms with Gasteiger partial charge in [0.1, 0.15) is 12.4 Å². The first kappa shape index (κ1) is 14.8. The summed E-state index contributed by atoms with van der Waals surface area (Å²) in [5.41, 5.74) is 2.19. The van der Waals surface area contributed by atoms with E-state index in [9.17, 15) is 9.90 Å². The Balaban J connectivity index is 1.73. The molecule has 20 heavy (non-hydrogen) atoms. The van der Waals surface area contributed by atoms with Gasteiger partial charge in [-0.3, -0.25) is 4.79 Å². The standard InChI is InChI=1S/C15H22N2O3/c1-10-4-3-5-11(2)14(10)20-7-6-16-15(19)13-8-12(18)9-17-13/h3-5,12-13,17-18H,6-9H2,1-2H3,(H,16,19)/t12-,13-/m1/s1. The second-order valence-electron chi connectivity index (χ2n) is 5.21. The van der Waals surface area contributed by atoms with Crippen LogP contribution in [0.2, 0.25) is 0 Å². The van der Waals surface area contributed by atoms with E-state index in [-0.39, 0.29) is 11.9 Å². The smallest absolute Gasteiger partial charge is 0.237 e. The summed E-state index contributed by atoms with van der Waals surface area (Å²) in [6.45, 7) is 5.39. The van der Waals surface area contributed by atoms with Gasteiger partial charge in [-0.05, 0) is 31.4 Å². The molecule has 1 aliphatic rings. The summed E-state index contributed by atoms with van der Waals surface area (Å²) in [6.07, 6.45) is 0.0560. The number of hydrogen-bond acceptors (Lipinski definition) is 4. The van der Waals surface area contributed by atoms with Crippen molar-refractivity contribution in [3.63, 3.8) is 0 Å². The maximum Gasteiger partial charge on any atom is 0.237 e. The van der Waals surface area contributed by atoms with Crippen LogP contribution in [0.3, 0.4) is 0 Å².